The summed E-state index contributed by atoms with van der Waals surface area (Å²) in [5.41, 5.74) is 5.90. The molecule has 3 N–H and O–H groups in total. The highest BCUT2D eigenvalue weighted by Crippen LogP contribution is 2.14. The van der Waals surface area contributed by atoms with Crippen LogP contribution < -0.4 is 15.8 Å². The third kappa shape index (κ3) is 6.10. The van der Waals surface area contributed by atoms with E-state index in [-0.39, 0.29) is 11.4 Å². The number of methoxy groups -OCH3 is 1. The molecule has 106 valence electrons. The minimum Gasteiger partial charge on any atom is -0.493 e. The summed E-state index contributed by atoms with van der Waals surface area (Å²) in [7, 11) is 1.61. The van der Waals surface area contributed by atoms with E-state index >= 15 is 0 Å². The third-order valence-electron chi connectivity index (χ3n) is 2.44. The molecule has 0 saturated carbocycles. The van der Waals surface area contributed by atoms with Gasteiger partial charge in [0, 0.05) is 18.9 Å². The van der Waals surface area contributed by atoms with Crippen molar-refractivity contribution in [2.24, 2.45) is 0 Å². The number of hydrogen-bond acceptors (Lipinski definition) is 4. The quantitative estimate of drug-likeness (QED) is 0.735. The highest BCUT2D eigenvalue weighted by Gasteiger charge is 2.19. The van der Waals surface area contributed by atoms with Crippen LogP contribution in [0.1, 0.15) is 20.3 Å². The topological polar surface area (TPSA) is 73.6 Å². The van der Waals surface area contributed by atoms with Crippen molar-refractivity contribution in [2.45, 2.75) is 25.8 Å². The molecular weight excluding hydrogens is 244 g/mol. The van der Waals surface area contributed by atoms with Gasteiger partial charge in [-0.2, -0.15) is 0 Å². The number of rotatable bonds is 7. The van der Waals surface area contributed by atoms with Gasteiger partial charge in [-0.05, 0) is 26.0 Å². The standard InChI is InChI=1S/C14H22N2O3/c1-14(2,10-18-3)16-13(17)7-8-19-12-6-4-5-11(15)9-12/h4-6,9H,7-8,10,15H2,1-3H3,(H,16,17). The average molecular weight is 266 g/mol. The minimum atomic E-state index is -0.372. The van der Waals surface area contributed by atoms with E-state index in [0.717, 1.165) is 0 Å². The molecule has 0 aliphatic rings. The summed E-state index contributed by atoms with van der Waals surface area (Å²) in [5.74, 6) is 0.606. The first-order valence-corrected chi connectivity index (χ1v) is 6.21. The first-order valence-electron chi connectivity index (χ1n) is 6.21. The predicted molar refractivity (Wildman–Crippen MR) is 75.1 cm³/mol. The second-order valence-corrected chi connectivity index (χ2v) is 5.04. The maximum absolute atomic E-state index is 11.7. The minimum absolute atomic E-state index is 0.0639. The van der Waals surface area contributed by atoms with Gasteiger partial charge in [0.25, 0.3) is 0 Å². The number of nitrogen functional groups attached to an aromatic ring is 1. The van der Waals surface area contributed by atoms with Gasteiger partial charge in [0.05, 0.1) is 25.2 Å². The lowest BCUT2D eigenvalue weighted by molar-refractivity contribution is -0.123. The predicted octanol–water partition coefficient (Wildman–Crippen LogP) is 1.58. The molecule has 5 heteroatoms. The molecule has 0 atom stereocenters. The number of ether oxygens (including phenoxy) is 2. The Bertz CT molecular complexity index is 419. The summed E-state index contributed by atoms with van der Waals surface area (Å²) in [6.45, 7) is 4.60. The van der Waals surface area contributed by atoms with E-state index in [4.69, 9.17) is 15.2 Å². The summed E-state index contributed by atoms with van der Waals surface area (Å²) < 4.78 is 10.5. The molecule has 5 nitrogen and oxygen atoms in total. The molecule has 0 aliphatic heterocycles. The number of nitrogens with two attached hydrogens (primary N) is 1. The lowest BCUT2D eigenvalue weighted by Gasteiger charge is -2.25. The molecule has 0 bridgehead atoms. The number of amides is 1. The Morgan fingerprint density at radius 1 is 1.42 bits per heavy atom. The number of anilines is 1. The van der Waals surface area contributed by atoms with E-state index in [1.54, 1.807) is 19.2 Å². The van der Waals surface area contributed by atoms with Crippen molar-refractivity contribution in [3.63, 3.8) is 0 Å². The zero-order valence-electron chi connectivity index (χ0n) is 11.7. The van der Waals surface area contributed by atoms with Gasteiger partial charge in [0.1, 0.15) is 5.75 Å². The van der Waals surface area contributed by atoms with Crippen molar-refractivity contribution in [3.8, 4) is 5.75 Å². The SMILES string of the molecule is COCC(C)(C)NC(=O)CCOc1cccc(N)c1. The Kier molecular flexibility index (Phi) is 5.63. The van der Waals surface area contributed by atoms with Gasteiger partial charge in [0.15, 0.2) is 0 Å². The van der Waals surface area contributed by atoms with E-state index in [9.17, 15) is 4.79 Å². The van der Waals surface area contributed by atoms with Crippen LogP contribution in [-0.4, -0.2) is 31.8 Å². The molecule has 1 amide bonds. The molecule has 0 fully saturated rings. The van der Waals surface area contributed by atoms with E-state index in [1.807, 2.05) is 26.0 Å². The largest absolute Gasteiger partial charge is 0.493 e. The van der Waals surface area contributed by atoms with E-state index in [2.05, 4.69) is 5.32 Å². The van der Waals surface area contributed by atoms with Crippen LogP contribution in [0.5, 0.6) is 5.75 Å². The summed E-state index contributed by atoms with van der Waals surface area (Å²) in [6.07, 6.45) is 0.294. The Hall–Kier alpha value is -1.75. The second kappa shape index (κ2) is 6.99. The van der Waals surface area contributed by atoms with Crippen LogP contribution in [-0.2, 0) is 9.53 Å². The molecule has 0 heterocycles. The van der Waals surface area contributed by atoms with Crippen molar-refractivity contribution < 1.29 is 14.3 Å². The van der Waals surface area contributed by atoms with Crippen molar-refractivity contribution in [1.29, 1.82) is 0 Å². The molecule has 1 aromatic rings. The molecule has 0 aliphatic carbocycles. The first kappa shape index (κ1) is 15.3. The fraction of sp³-hybridized carbons (Fsp3) is 0.500. The monoisotopic (exact) mass is 266 g/mol. The maximum Gasteiger partial charge on any atom is 0.223 e. The van der Waals surface area contributed by atoms with E-state index in [0.29, 0.717) is 31.1 Å². The molecular formula is C14H22N2O3. The summed E-state index contributed by atoms with van der Waals surface area (Å²) >= 11 is 0. The Balaban J connectivity index is 2.31. The fourth-order valence-electron chi connectivity index (χ4n) is 1.70. The van der Waals surface area contributed by atoms with Crippen LogP contribution in [0.25, 0.3) is 0 Å². The average Bonchev–Trinajstić information content (AvgIpc) is 2.27. The molecule has 0 saturated heterocycles. The second-order valence-electron chi connectivity index (χ2n) is 5.04. The number of hydrogen-bond donors (Lipinski definition) is 2. The van der Waals surface area contributed by atoms with Gasteiger partial charge < -0.3 is 20.5 Å². The van der Waals surface area contributed by atoms with Crippen LogP contribution in [0.15, 0.2) is 24.3 Å². The highest BCUT2D eigenvalue weighted by molar-refractivity contribution is 5.76. The maximum atomic E-state index is 11.7. The zero-order chi connectivity index (χ0) is 14.3. The van der Waals surface area contributed by atoms with Gasteiger partial charge in [-0.1, -0.05) is 6.07 Å². The smallest absolute Gasteiger partial charge is 0.223 e. The summed E-state index contributed by atoms with van der Waals surface area (Å²) in [5, 5.41) is 2.89. The molecule has 1 rings (SSSR count). The van der Waals surface area contributed by atoms with Crippen LogP contribution >= 0.6 is 0 Å². The van der Waals surface area contributed by atoms with Crippen LogP contribution in [0.2, 0.25) is 0 Å². The zero-order valence-corrected chi connectivity index (χ0v) is 11.7. The van der Waals surface area contributed by atoms with Crippen molar-refractivity contribution in [3.05, 3.63) is 24.3 Å². The molecule has 0 aromatic heterocycles. The van der Waals surface area contributed by atoms with Crippen LogP contribution in [0.4, 0.5) is 5.69 Å². The van der Waals surface area contributed by atoms with Gasteiger partial charge >= 0.3 is 0 Å². The first-order chi connectivity index (χ1) is 8.93. The highest BCUT2D eigenvalue weighted by atomic mass is 16.5. The van der Waals surface area contributed by atoms with E-state index in [1.165, 1.54) is 0 Å². The van der Waals surface area contributed by atoms with Gasteiger partial charge in [-0.25, -0.2) is 0 Å². The number of benzene rings is 1. The lowest BCUT2D eigenvalue weighted by atomic mass is 10.1. The van der Waals surface area contributed by atoms with Gasteiger partial charge in [-0.3, -0.25) is 4.79 Å². The summed E-state index contributed by atoms with van der Waals surface area (Å²) in [4.78, 5) is 11.7. The molecule has 0 radical (unpaired) electrons. The van der Waals surface area contributed by atoms with Crippen molar-refractivity contribution >= 4 is 11.6 Å². The van der Waals surface area contributed by atoms with Crippen molar-refractivity contribution in [2.75, 3.05) is 26.1 Å². The number of nitrogens with one attached hydrogen (secondary N) is 1. The number of carbonyl (C=O) groups excluding carboxylic acids is 1. The Morgan fingerprint density at radius 3 is 2.79 bits per heavy atom. The van der Waals surface area contributed by atoms with Gasteiger partial charge in [0.2, 0.25) is 5.91 Å². The Morgan fingerprint density at radius 2 is 2.16 bits per heavy atom. The molecule has 1 aromatic carbocycles. The van der Waals surface area contributed by atoms with E-state index < -0.39 is 0 Å². The Labute approximate surface area is 114 Å². The molecule has 19 heavy (non-hydrogen) atoms. The van der Waals surface area contributed by atoms with Crippen LogP contribution in [0.3, 0.4) is 0 Å². The van der Waals surface area contributed by atoms with Gasteiger partial charge in [-0.15, -0.1) is 0 Å². The third-order valence-corrected chi connectivity index (χ3v) is 2.44. The molecule has 0 spiro atoms. The normalized spacial score (nSPS) is 11.1. The number of carbonyl (C=O) groups is 1. The molecule has 0 unspecified atom stereocenters. The van der Waals surface area contributed by atoms with Crippen molar-refractivity contribution in [1.82, 2.24) is 5.32 Å². The fourth-order valence-corrected chi connectivity index (χ4v) is 1.70. The van der Waals surface area contributed by atoms with Crippen LogP contribution in [0, 0.1) is 0 Å². The lowest BCUT2D eigenvalue weighted by Crippen LogP contribution is -2.47. The summed E-state index contributed by atoms with van der Waals surface area (Å²) in [6, 6.07) is 7.13.